The first kappa shape index (κ1) is 11.4. The molecule has 0 saturated carbocycles. The van der Waals surface area contributed by atoms with Crippen molar-refractivity contribution in [3.05, 3.63) is 33.1 Å². The summed E-state index contributed by atoms with van der Waals surface area (Å²) < 4.78 is 25.1. The summed E-state index contributed by atoms with van der Waals surface area (Å²) >= 11 is 0. The van der Waals surface area contributed by atoms with Crippen molar-refractivity contribution in [3.8, 4) is 0 Å². The monoisotopic (exact) mass is 217 g/mol. The van der Waals surface area contributed by atoms with Gasteiger partial charge in [0.15, 0.2) is 0 Å². The van der Waals surface area contributed by atoms with Crippen molar-refractivity contribution >= 4 is 5.69 Å². The predicted octanol–water partition coefficient (Wildman–Crippen LogP) is 1.69. The quantitative estimate of drug-likeness (QED) is 0.617. The van der Waals surface area contributed by atoms with Gasteiger partial charge in [0, 0.05) is 18.3 Å². The molecule has 0 aromatic carbocycles. The van der Waals surface area contributed by atoms with Crippen molar-refractivity contribution in [2.45, 2.75) is 19.9 Å². The van der Waals surface area contributed by atoms with Crippen LogP contribution in [0.2, 0.25) is 0 Å². The van der Waals surface area contributed by atoms with Crippen LogP contribution in [0.3, 0.4) is 0 Å². The normalized spacial score (nSPS) is 10.7. The first-order valence-corrected chi connectivity index (χ1v) is 4.10. The molecule has 15 heavy (non-hydrogen) atoms. The second-order valence-corrected chi connectivity index (χ2v) is 2.91. The number of halogens is 2. The largest absolute Gasteiger partial charge is 0.325 e. The molecule has 0 aliphatic carbocycles. The molecule has 1 rings (SSSR count). The Kier molecular flexibility index (Phi) is 3.25. The summed E-state index contributed by atoms with van der Waals surface area (Å²) in [6, 6.07) is 1.01. The maximum Gasteiger partial charge on any atom is 0.282 e. The number of alkyl halides is 2. The van der Waals surface area contributed by atoms with Crippen molar-refractivity contribution in [1.82, 2.24) is 4.98 Å². The van der Waals surface area contributed by atoms with E-state index in [-0.39, 0.29) is 12.2 Å². The third-order valence-corrected chi connectivity index (χ3v) is 1.85. The second-order valence-electron chi connectivity index (χ2n) is 2.91. The molecule has 82 valence electrons. The summed E-state index contributed by atoms with van der Waals surface area (Å²) in [4.78, 5) is 13.4. The minimum Gasteiger partial charge on any atom is -0.325 e. The third kappa shape index (κ3) is 2.24. The Labute approximate surface area is 84.1 Å². The lowest BCUT2D eigenvalue weighted by molar-refractivity contribution is -0.386. The predicted molar refractivity (Wildman–Crippen MR) is 48.5 cm³/mol. The van der Waals surface area contributed by atoms with Gasteiger partial charge in [-0.05, 0) is 6.92 Å². The van der Waals surface area contributed by atoms with Gasteiger partial charge in [-0.3, -0.25) is 15.1 Å². The highest BCUT2D eigenvalue weighted by Crippen LogP contribution is 2.31. The van der Waals surface area contributed by atoms with Gasteiger partial charge < -0.3 is 5.73 Å². The number of aromatic nitrogens is 1. The van der Waals surface area contributed by atoms with E-state index in [4.69, 9.17) is 5.73 Å². The SMILES string of the molecule is Cc1cc([N+](=O)[O-])c(C(F)F)c(CN)n1. The van der Waals surface area contributed by atoms with E-state index < -0.39 is 22.6 Å². The lowest BCUT2D eigenvalue weighted by atomic mass is 10.1. The van der Waals surface area contributed by atoms with Gasteiger partial charge in [-0.15, -0.1) is 0 Å². The molecule has 0 atom stereocenters. The minimum atomic E-state index is -2.95. The number of pyridine rings is 1. The van der Waals surface area contributed by atoms with E-state index in [2.05, 4.69) is 4.98 Å². The van der Waals surface area contributed by atoms with Crippen LogP contribution in [0.5, 0.6) is 0 Å². The first-order chi connectivity index (χ1) is 6.97. The molecule has 0 aliphatic heterocycles. The van der Waals surface area contributed by atoms with Crippen molar-refractivity contribution in [3.63, 3.8) is 0 Å². The van der Waals surface area contributed by atoms with Gasteiger partial charge in [0.05, 0.1) is 10.6 Å². The number of nitrogens with two attached hydrogens (primary N) is 1. The van der Waals surface area contributed by atoms with Gasteiger partial charge in [0.1, 0.15) is 5.56 Å². The molecule has 1 aromatic heterocycles. The summed E-state index contributed by atoms with van der Waals surface area (Å²) in [6.45, 7) is 1.24. The zero-order chi connectivity index (χ0) is 11.6. The summed E-state index contributed by atoms with van der Waals surface area (Å²) in [7, 11) is 0. The van der Waals surface area contributed by atoms with E-state index >= 15 is 0 Å². The van der Waals surface area contributed by atoms with E-state index in [1.165, 1.54) is 6.92 Å². The standard InChI is InChI=1S/C8H9F2N3O2/c1-4-2-6(13(14)15)7(8(9)10)5(3-11)12-4/h2,8H,3,11H2,1H3. The van der Waals surface area contributed by atoms with Gasteiger partial charge in [-0.1, -0.05) is 0 Å². The lowest BCUT2D eigenvalue weighted by Gasteiger charge is -2.07. The Morgan fingerprint density at radius 2 is 2.27 bits per heavy atom. The van der Waals surface area contributed by atoms with Crippen LogP contribution in [0.4, 0.5) is 14.5 Å². The molecule has 0 aliphatic rings. The van der Waals surface area contributed by atoms with Crippen LogP contribution in [0.25, 0.3) is 0 Å². The van der Waals surface area contributed by atoms with Crippen molar-refractivity contribution in [2.75, 3.05) is 0 Å². The molecule has 0 bridgehead atoms. The van der Waals surface area contributed by atoms with Gasteiger partial charge in [0.25, 0.3) is 12.1 Å². The van der Waals surface area contributed by atoms with Gasteiger partial charge in [0.2, 0.25) is 0 Å². The average Bonchev–Trinajstić information content (AvgIpc) is 2.15. The highest BCUT2D eigenvalue weighted by Gasteiger charge is 2.26. The van der Waals surface area contributed by atoms with Crippen LogP contribution in [-0.2, 0) is 6.54 Å². The molecule has 0 amide bonds. The lowest BCUT2D eigenvalue weighted by Crippen LogP contribution is -2.09. The van der Waals surface area contributed by atoms with E-state index in [0.29, 0.717) is 5.69 Å². The fourth-order valence-electron chi connectivity index (χ4n) is 1.27. The molecule has 7 heteroatoms. The Balaban J connectivity index is 3.47. The number of hydrogen-bond acceptors (Lipinski definition) is 4. The molecule has 0 radical (unpaired) electrons. The molecule has 0 fully saturated rings. The van der Waals surface area contributed by atoms with Crippen LogP contribution in [-0.4, -0.2) is 9.91 Å². The van der Waals surface area contributed by atoms with Crippen LogP contribution in [0.1, 0.15) is 23.4 Å². The molecular weight excluding hydrogens is 208 g/mol. The Bertz CT molecular complexity index is 396. The van der Waals surface area contributed by atoms with E-state index in [1.54, 1.807) is 0 Å². The number of nitro groups is 1. The van der Waals surface area contributed by atoms with Crippen LogP contribution in [0.15, 0.2) is 6.07 Å². The van der Waals surface area contributed by atoms with Gasteiger partial charge in [-0.2, -0.15) is 0 Å². The zero-order valence-electron chi connectivity index (χ0n) is 7.91. The highest BCUT2D eigenvalue weighted by atomic mass is 19.3. The van der Waals surface area contributed by atoms with Crippen LogP contribution in [0, 0.1) is 17.0 Å². The summed E-state index contributed by atoms with van der Waals surface area (Å²) in [5, 5.41) is 10.6. The van der Waals surface area contributed by atoms with Crippen LogP contribution >= 0.6 is 0 Å². The third-order valence-electron chi connectivity index (χ3n) is 1.85. The molecule has 1 heterocycles. The molecule has 2 N–H and O–H groups in total. The number of aryl methyl sites for hydroxylation is 1. The fraction of sp³-hybridized carbons (Fsp3) is 0.375. The maximum atomic E-state index is 12.6. The van der Waals surface area contributed by atoms with E-state index in [0.717, 1.165) is 6.07 Å². The Morgan fingerprint density at radius 3 is 2.67 bits per heavy atom. The summed E-state index contributed by atoms with van der Waals surface area (Å²) in [6.07, 6.45) is -2.95. The van der Waals surface area contributed by atoms with Crippen molar-refractivity contribution in [1.29, 1.82) is 0 Å². The molecular formula is C8H9F2N3O2. The van der Waals surface area contributed by atoms with E-state index in [1.807, 2.05) is 0 Å². The maximum absolute atomic E-state index is 12.6. The molecule has 5 nitrogen and oxygen atoms in total. The van der Waals surface area contributed by atoms with Crippen molar-refractivity contribution < 1.29 is 13.7 Å². The Morgan fingerprint density at radius 1 is 1.67 bits per heavy atom. The van der Waals surface area contributed by atoms with E-state index in [9.17, 15) is 18.9 Å². The Hall–Kier alpha value is -1.63. The first-order valence-electron chi connectivity index (χ1n) is 4.10. The molecule has 0 saturated heterocycles. The molecule has 0 unspecified atom stereocenters. The molecule has 0 spiro atoms. The van der Waals surface area contributed by atoms with Crippen LogP contribution < -0.4 is 5.73 Å². The highest BCUT2D eigenvalue weighted by molar-refractivity contribution is 5.44. The topological polar surface area (TPSA) is 82.0 Å². The molecule has 1 aromatic rings. The number of nitrogens with zero attached hydrogens (tertiary/aromatic N) is 2. The van der Waals surface area contributed by atoms with Gasteiger partial charge >= 0.3 is 0 Å². The summed E-state index contributed by atoms with van der Waals surface area (Å²) in [5.41, 5.74) is 4.06. The fourth-order valence-corrected chi connectivity index (χ4v) is 1.27. The summed E-state index contributed by atoms with van der Waals surface area (Å²) in [5.74, 6) is 0. The number of hydrogen-bond donors (Lipinski definition) is 1. The average molecular weight is 217 g/mol. The van der Waals surface area contributed by atoms with Gasteiger partial charge in [-0.25, -0.2) is 8.78 Å². The zero-order valence-corrected chi connectivity index (χ0v) is 7.91. The minimum absolute atomic E-state index is 0.128. The second kappa shape index (κ2) is 4.26. The smallest absolute Gasteiger partial charge is 0.282 e. The number of rotatable bonds is 3. The van der Waals surface area contributed by atoms with Crippen molar-refractivity contribution in [2.24, 2.45) is 5.73 Å².